The Hall–Kier alpha value is -3.29. The van der Waals surface area contributed by atoms with E-state index >= 15 is 0 Å². The van der Waals surface area contributed by atoms with Crippen LogP contribution in [0.15, 0.2) is 48.5 Å². The standard InChI is InChI=1S/C17H16FN5O2/c1-25-15-8-3-2-5-11(15)9-14(16-20-22-23-21-16)17(24)19-13-7-4-6-12(18)10-13/h2-8,10,14H,9H2,1H3,(H,19,24)(H,20,21,22,23)/t14-/m1/s1. The minimum atomic E-state index is -0.710. The molecule has 1 heterocycles. The number of H-pyrrole nitrogens is 1. The van der Waals surface area contributed by atoms with Crippen LogP contribution in [0.1, 0.15) is 17.3 Å². The Kier molecular flexibility index (Phi) is 4.98. The summed E-state index contributed by atoms with van der Waals surface area (Å²) < 4.78 is 18.7. The number of tetrazole rings is 1. The highest BCUT2D eigenvalue weighted by molar-refractivity contribution is 5.95. The fourth-order valence-electron chi connectivity index (χ4n) is 2.51. The number of nitrogens with zero attached hydrogens (tertiary/aromatic N) is 3. The van der Waals surface area contributed by atoms with Crippen molar-refractivity contribution in [1.82, 2.24) is 20.6 Å². The van der Waals surface area contributed by atoms with Crippen molar-refractivity contribution in [2.45, 2.75) is 12.3 Å². The number of benzene rings is 2. The molecule has 3 aromatic rings. The highest BCUT2D eigenvalue weighted by Gasteiger charge is 2.26. The van der Waals surface area contributed by atoms with E-state index in [4.69, 9.17) is 4.74 Å². The van der Waals surface area contributed by atoms with Crippen LogP contribution >= 0.6 is 0 Å². The van der Waals surface area contributed by atoms with Crippen LogP contribution in [-0.2, 0) is 11.2 Å². The quantitative estimate of drug-likeness (QED) is 0.718. The molecular weight excluding hydrogens is 325 g/mol. The number of methoxy groups -OCH3 is 1. The molecule has 128 valence electrons. The molecule has 0 aliphatic heterocycles. The molecule has 1 atom stereocenters. The minimum absolute atomic E-state index is 0.250. The van der Waals surface area contributed by atoms with E-state index < -0.39 is 11.7 Å². The van der Waals surface area contributed by atoms with E-state index in [-0.39, 0.29) is 11.7 Å². The second-order valence-electron chi connectivity index (χ2n) is 5.34. The maximum absolute atomic E-state index is 13.3. The van der Waals surface area contributed by atoms with Gasteiger partial charge in [0.05, 0.1) is 7.11 Å². The van der Waals surface area contributed by atoms with Crippen molar-refractivity contribution >= 4 is 11.6 Å². The summed E-state index contributed by atoms with van der Waals surface area (Å²) >= 11 is 0. The zero-order valence-corrected chi connectivity index (χ0v) is 13.4. The lowest BCUT2D eigenvalue weighted by Crippen LogP contribution is -2.24. The van der Waals surface area contributed by atoms with Gasteiger partial charge in [-0.25, -0.2) is 4.39 Å². The van der Waals surface area contributed by atoms with E-state index in [1.807, 2.05) is 24.3 Å². The SMILES string of the molecule is COc1ccccc1C[C@@H](C(=O)Nc1cccc(F)c1)c1nn[nH]n1. The zero-order valence-electron chi connectivity index (χ0n) is 13.4. The molecule has 2 N–H and O–H groups in total. The monoisotopic (exact) mass is 341 g/mol. The number of halogens is 1. The summed E-state index contributed by atoms with van der Waals surface area (Å²) in [6, 6.07) is 13.1. The van der Waals surface area contributed by atoms with Crippen molar-refractivity contribution < 1.29 is 13.9 Å². The first kappa shape index (κ1) is 16.6. The van der Waals surface area contributed by atoms with Crippen molar-refractivity contribution in [2.75, 3.05) is 12.4 Å². The molecule has 7 nitrogen and oxygen atoms in total. The van der Waals surface area contributed by atoms with Crippen molar-refractivity contribution in [3.05, 3.63) is 65.7 Å². The molecule has 0 aliphatic carbocycles. The zero-order chi connectivity index (χ0) is 17.6. The van der Waals surface area contributed by atoms with Gasteiger partial charge in [-0.1, -0.05) is 29.5 Å². The number of hydrogen-bond donors (Lipinski definition) is 2. The fraction of sp³-hybridized carbons (Fsp3) is 0.176. The Morgan fingerprint density at radius 2 is 2.12 bits per heavy atom. The van der Waals surface area contributed by atoms with E-state index in [1.54, 1.807) is 13.2 Å². The molecule has 25 heavy (non-hydrogen) atoms. The molecule has 0 aliphatic rings. The normalized spacial score (nSPS) is 11.8. The molecule has 3 rings (SSSR count). The number of para-hydroxylation sites is 1. The molecule has 8 heteroatoms. The molecule has 2 aromatic carbocycles. The number of anilines is 1. The second-order valence-corrected chi connectivity index (χ2v) is 5.34. The van der Waals surface area contributed by atoms with Crippen LogP contribution in [0.3, 0.4) is 0 Å². The third-order valence-electron chi connectivity index (χ3n) is 3.70. The topological polar surface area (TPSA) is 92.8 Å². The number of hydrogen-bond acceptors (Lipinski definition) is 5. The van der Waals surface area contributed by atoms with E-state index in [1.165, 1.54) is 18.2 Å². The van der Waals surface area contributed by atoms with Gasteiger partial charge < -0.3 is 10.1 Å². The number of aromatic nitrogens is 4. The van der Waals surface area contributed by atoms with Crippen LogP contribution in [0.2, 0.25) is 0 Å². The lowest BCUT2D eigenvalue weighted by atomic mass is 9.97. The first-order chi connectivity index (χ1) is 12.2. The number of aromatic amines is 1. The lowest BCUT2D eigenvalue weighted by Gasteiger charge is -2.15. The Labute approximate surface area is 143 Å². The number of ether oxygens (including phenoxy) is 1. The van der Waals surface area contributed by atoms with Crippen LogP contribution in [0, 0.1) is 5.82 Å². The molecule has 0 saturated carbocycles. The largest absolute Gasteiger partial charge is 0.496 e. The van der Waals surface area contributed by atoms with Crippen LogP contribution < -0.4 is 10.1 Å². The summed E-state index contributed by atoms with van der Waals surface area (Å²) in [7, 11) is 1.56. The number of rotatable bonds is 6. The smallest absolute Gasteiger partial charge is 0.235 e. The maximum Gasteiger partial charge on any atom is 0.235 e. The molecule has 0 radical (unpaired) electrons. The van der Waals surface area contributed by atoms with Gasteiger partial charge in [0.2, 0.25) is 5.91 Å². The van der Waals surface area contributed by atoms with Gasteiger partial charge in [0.15, 0.2) is 5.82 Å². The van der Waals surface area contributed by atoms with Gasteiger partial charge in [-0.2, -0.15) is 5.21 Å². The summed E-state index contributed by atoms with van der Waals surface area (Å²) in [5.74, 6) is -0.593. The van der Waals surface area contributed by atoms with E-state index in [0.717, 1.165) is 5.56 Å². The van der Waals surface area contributed by atoms with Crippen LogP contribution in [0.25, 0.3) is 0 Å². The van der Waals surface area contributed by atoms with Gasteiger partial charge in [0, 0.05) is 5.69 Å². The van der Waals surface area contributed by atoms with Gasteiger partial charge in [-0.3, -0.25) is 4.79 Å². The molecule has 1 aromatic heterocycles. The molecule has 0 bridgehead atoms. The minimum Gasteiger partial charge on any atom is -0.496 e. The average Bonchev–Trinajstić information content (AvgIpc) is 3.14. The Morgan fingerprint density at radius 1 is 1.28 bits per heavy atom. The number of carbonyl (C=O) groups is 1. The Morgan fingerprint density at radius 3 is 2.84 bits per heavy atom. The van der Waals surface area contributed by atoms with Gasteiger partial charge in [0.25, 0.3) is 0 Å². The van der Waals surface area contributed by atoms with E-state index in [2.05, 4.69) is 25.9 Å². The van der Waals surface area contributed by atoms with Crippen LogP contribution in [0.4, 0.5) is 10.1 Å². The molecule has 1 amide bonds. The Balaban J connectivity index is 1.86. The third kappa shape index (κ3) is 3.97. The van der Waals surface area contributed by atoms with Gasteiger partial charge in [-0.05, 0) is 36.2 Å². The van der Waals surface area contributed by atoms with Crippen molar-refractivity contribution in [3.8, 4) is 5.75 Å². The second kappa shape index (κ2) is 7.52. The predicted octanol–water partition coefficient (Wildman–Crippen LogP) is 2.31. The summed E-state index contributed by atoms with van der Waals surface area (Å²) in [5, 5.41) is 16.4. The summed E-state index contributed by atoms with van der Waals surface area (Å²) in [5.41, 5.74) is 1.19. The average molecular weight is 341 g/mol. The van der Waals surface area contributed by atoms with Crippen molar-refractivity contribution in [2.24, 2.45) is 0 Å². The first-order valence-corrected chi connectivity index (χ1v) is 7.59. The van der Waals surface area contributed by atoms with E-state index in [9.17, 15) is 9.18 Å². The Bertz CT molecular complexity index is 854. The first-order valence-electron chi connectivity index (χ1n) is 7.59. The van der Waals surface area contributed by atoms with Crippen molar-refractivity contribution in [1.29, 1.82) is 0 Å². The highest BCUT2D eigenvalue weighted by atomic mass is 19.1. The summed E-state index contributed by atoms with van der Waals surface area (Å²) in [6.07, 6.45) is 0.310. The number of nitrogens with one attached hydrogen (secondary N) is 2. The highest BCUT2D eigenvalue weighted by Crippen LogP contribution is 2.26. The van der Waals surface area contributed by atoms with E-state index in [0.29, 0.717) is 17.9 Å². The number of amides is 1. The lowest BCUT2D eigenvalue weighted by molar-refractivity contribution is -0.117. The predicted molar refractivity (Wildman–Crippen MR) is 88.6 cm³/mol. The molecule has 0 saturated heterocycles. The summed E-state index contributed by atoms with van der Waals surface area (Å²) in [6.45, 7) is 0. The van der Waals surface area contributed by atoms with Crippen molar-refractivity contribution in [3.63, 3.8) is 0 Å². The third-order valence-corrected chi connectivity index (χ3v) is 3.70. The maximum atomic E-state index is 13.3. The fourth-order valence-corrected chi connectivity index (χ4v) is 2.51. The van der Waals surface area contributed by atoms with Gasteiger partial charge in [0.1, 0.15) is 17.5 Å². The molecule has 0 fully saturated rings. The molecule has 0 unspecified atom stereocenters. The number of carbonyl (C=O) groups excluding carboxylic acids is 1. The van der Waals surface area contributed by atoms with Crippen LogP contribution in [-0.4, -0.2) is 33.6 Å². The molecule has 0 spiro atoms. The molecular formula is C17H16FN5O2. The van der Waals surface area contributed by atoms with Gasteiger partial charge >= 0.3 is 0 Å². The van der Waals surface area contributed by atoms with Crippen LogP contribution in [0.5, 0.6) is 5.75 Å². The van der Waals surface area contributed by atoms with Gasteiger partial charge in [-0.15, -0.1) is 10.2 Å². The summed E-state index contributed by atoms with van der Waals surface area (Å²) in [4.78, 5) is 12.7.